The van der Waals surface area contributed by atoms with Gasteiger partial charge in [0.2, 0.25) is 5.95 Å². The summed E-state index contributed by atoms with van der Waals surface area (Å²) < 4.78 is 13.7. The fourth-order valence-corrected chi connectivity index (χ4v) is 3.79. The first-order chi connectivity index (χ1) is 14.4. The first-order valence-electron chi connectivity index (χ1n) is 10.1. The van der Waals surface area contributed by atoms with Gasteiger partial charge in [0.15, 0.2) is 5.78 Å². The van der Waals surface area contributed by atoms with Crippen LogP contribution in [-0.4, -0.2) is 15.8 Å². The molecule has 0 saturated carbocycles. The minimum atomic E-state index is -0.251. The molecule has 2 N–H and O–H groups in total. The van der Waals surface area contributed by atoms with Gasteiger partial charge in [0.25, 0.3) is 0 Å². The number of nitrogens with zero attached hydrogens (tertiary/aromatic N) is 2. The third-order valence-electron chi connectivity index (χ3n) is 5.19. The fraction of sp³-hybridized carbons (Fsp3) is 0.240. The Hall–Kier alpha value is -3.34. The second kappa shape index (κ2) is 8.99. The lowest BCUT2D eigenvalue weighted by molar-refractivity contribution is 0.104. The SMILES string of the molecule is C\C=C/C=C(C)/C(CC)=C1/C(=C\C)C(=O)c2c(C3=CC=C(F)CC=C3)nc(N)nc21. The molecule has 0 spiro atoms. The molecule has 3 rings (SSSR count). The lowest BCUT2D eigenvalue weighted by atomic mass is 9.93. The predicted octanol–water partition coefficient (Wildman–Crippen LogP) is 6.08. The normalized spacial score (nSPS) is 19.8. The van der Waals surface area contributed by atoms with Gasteiger partial charge in [-0.2, -0.15) is 0 Å². The second-order valence-electron chi connectivity index (χ2n) is 7.11. The molecule has 154 valence electrons. The third kappa shape index (κ3) is 3.88. The van der Waals surface area contributed by atoms with Crippen LogP contribution in [0.1, 0.15) is 62.3 Å². The van der Waals surface area contributed by atoms with Crippen molar-refractivity contribution in [3.63, 3.8) is 0 Å². The number of anilines is 1. The minimum Gasteiger partial charge on any atom is -0.368 e. The molecule has 2 aliphatic carbocycles. The van der Waals surface area contributed by atoms with Crippen molar-refractivity contribution >= 4 is 22.9 Å². The largest absolute Gasteiger partial charge is 0.368 e. The molecule has 0 unspecified atom stereocenters. The lowest BCUT2D eigenvalue weighted by Gasteiger charge is -2.12. The van der Waals surface area contributed by atoms with Gasteiger partial charge < -0.3 is 5.73 Å². The number of nitrogen functional groups attached to an aromatic ring is 1. The van der Waals surface area contributed by atoms with Crippen LogP contribution in [0.5, 0.6) is 0 Å². The van der Waals surface area contributed by atoms with Gasteiger partial charge in [0.05, 0.1) is 17.0 Å². The summed E-state index contributed by atoms with van der Waals surface area (Å²) in [5.74, 6) is -0.302. The summed E-state index contributed by atoms with van der Waals surface area (Å²) in [4.78, 5) is 22.3. The maximum Gasteiger partial charge on any atom is 0.221 e. The molecule has 0 amide bonds. The Labute approximate surface area is 176 Å². The predicted molar refractivity (Wildman–Crippen MR) is 121 cm³/mol. The zero-order valence-corrected chi connectivity index (χ0v) is 17.8. The molecule has 30 heavy (non-hydrogen) atoms. The molecule has 2 aliphatic rings. The van der Waals surface area contributed by atoms with E-state index in [1.54, 1.807) is 18.2 Å². The number of hydrogen-bond acceptors (Lipinski definition) is 4. The monoisotopic (exact) mass is 403 g/mol. The van der Waals surface area contributed by atoms with Crippen molar-refractivity contribution in [3.05, 3.63) is 88.1 Å². The van der Waals surface area contributed by atoms with Gasteiger partial charge in [-0.1, -0.05) is 49.5 Å². The second-order valence-corrected chi connectivity index (χ2v) is 7.11. The minimum absolute atomic E-state index is 0.0833. The highest BCUT2D eigenvalue weighted by Gasteiger charge is 2.36. The number of allylic oxidation sites excluding steroid dienone is 14. The van der Waals surface area contributed by atoms with Crippen LogP contribution in [0.4, 0.5) is 10.3 Å². The van der Waals surface area contributed by atoms with E-state index < -0.39 is 0 Å². The number of carbonyl (C=O) groups excluding carboxylic acids is 1. The number of Topliss-reactive ketones (excluding diaryl/α,β-unsaturated/α-hetero) is 1. The number of halogens is 1. The number of fused-ring (bicyclic) bond motifs is 1. The Morgan fingerprint density at radius 3 is 2.63 bits per heavy atom. The van der Waals surface area contributed by atoms with Crippen LogP contribution in [0.2, 0.25) is 0 Å². The Kier molecular flexibility index (Phi) is 6.40. The summed E-state index contributed by atoms with van der Waals surface area (Å²) in [6.07, 6.45) is 15.2. The zero-order chi connectivity index (χ0) is 21.8. The van der Waals surface area contributed by atoms with Crippen LogP contribution in [-0.2, 0) is 0 Å². The van der Waals surface area contributed by atoms with Gasteiger partial charge in [-0.25, -0.2) is 14.4 Å². The molecule has 0 saturated heterocycles. The maximum atomic E-state index is 13.7. The number of aromatic nitrogens is 2. The molecule has 1 aromatic rings. The quantitative estimate of drug-likeness (QED) is 0.488. The van der Waals surface area contributed by atoms with E-state index >= 15 is 0 Å². The number of ketones is 1. The molecule has 1 heterocycles. The van der Waals surface area contributed by atoms with Crippen molar-refractivity contribution in [1.29, 1.82) is 0 Å². The van der Waals surface area contributed by atoms with Gasteiger partial charge in [0, 0.05) is 23.1 Å². The van der Waals surface area contributed by atoms with E-state index in [0.717, 1.165) is 23.1 Å². The molecule has 0 bridgehead atoms. The van der Waals surface area contributed by atoms with Crippen LogP contribution in [0.25, 0.3) is 11.1 Å². The van der Waals surface area contributed by atoms with Crippen LogP contribution < -0.4 is 5.73 Å². The van der Waals surface area contributed by atoms with Gasteiger partial charge in [-0.3, -0.25) is 4.79 Å². The summed E-state index contributed by atoms with van der Waals surface area (Å²) in [5, 5.41) is 0. The third-order valence-corrected chi connectivity index (χ3v) is 5.19. The first-order valence-corrected chi connectivity index (χ1v) is 10.1. The van der Waals surface area contributed by atoms with E-state index in [9.17, 15) is 9.18 Å². The van der Waals surface area contributed by atoms with Crippen molar-refractivity contribution in [2.75, 3.05) is 5.73 Å². The Bertz CT molecular complexity index is 1110. The standard InChI is InChI=1S/C25H26FN3O/c1-5-8-10-15(4)18(6-2)20-19(7-3)24(30)21-22(28-25(27)29-23(20)21)16-11-9-12-17(26)14-13-16/h5,7-11,13-14H,6,12H2,1-4H3,(H2,27,28,29)/b8-5-,15-10+,19-7+,20-18-. The molecule has 0 radical (unpaired) electrons. The molecular formula is C25H26FN3O. The summed E-state index contributed by atoms with van der Waals surface area (Å²) in [6, 6.07) is 0. The van der Waals surface area contributed by atoms with Gasteiger partial charge >= 0.3 is 0 Å². The average molecular weight is 404 g/mol. The first kappa shape index (κ1) is 21.4. The van der Waals surface area contributed by atoms with Crippen molar-refractivity contribution in [2.24, 2.45) is 0 Å². The van der Waals surface area contributed by atoms with Crippen LogP contribution in [0.3, 0.4) is 0 Å². The number of hydrogen-bond donors (Lipinski definition) is 1. The lowest BCUT2D eigenvalue weighted by Crippen LogP contribution is -2.07. The van der Waals surface area contributed by atoms with Gasteiger partial charge in [-0.15, -0.1) is 0 Å². The van der Waals surface area contributed by atoms with Crippen LogP contribution in [0, 0.1) is 0 Å². The summed E-state index contributed by atoms with van der Waals surface area (Å²) >= 11 is 0. The van der Waals surface area contributed by atoms with E-state index in [1.165, 1.54) is 6.08 Å². The van der Waals surface area contributed by atoms with E-state index in [1.807, 2.05) is 45.1 Å². The molecule has 0 atom stereocenters. The molecular weight excluding hydrogens is 377 g/mol. The molecule has 5 heteroatoms. The van der Waals surface area contributed by atoms with Crippen molar-refractivity contribution in [1.82, 2.24) is 9.97 Å². The molecule has 0 fully saturated rings. The molecule has 0 aliphatic heterocycles. The van der Waals surface area contributed by atoms with Gasteiger partial charge in [0.1, 0.15) is 5.83 Å². The van der Waals surface area contributed by atoms with E-state index in [2.05, 4.69) is 16.9 Å². The van der Waals surface area contributed by atoms with E-state index in [0.29, 0.717) is 28.1 Å². The van der Waals surface area contributed by atoms with E-state index in [-0.39, 0.29) is 24.0 Å². The number of carbonyl (C=O) groups is 1. The maximum absolute atomic E-state index is 13.7. The highest BCUT2D eigenvalue weighted by Crippen LogP contribution is 2.43. The summed E-state index contributed by atoms with van der Waals surface area (Å²) in [7, 11) is 0. The highest BCUT2D eigenvalue weighted by molar-refractivity contribution is 6.28. The number of nitrogens with two attached hydrogens (primary N) is 1. The summed E-state index contributed by atoms with van der Waals surface area (Å²) in [5.41, 5.74) is 11.6. The highest BCUT2D eigenvalue weighted by atomic mass is 19.1. The smallest absolute Gasteiger partial charge is 0.221 e. The zero-order valence-electron chi connectivity index (χ0n) is 17.8. The number of rotatable bonds is 4. The molecule has 4 nitrogen and oxygen atoms in total. The van der Waals surface area contributed by atoms with Crippen molar-refractivity contribution in [3.8, 4) is 0 Å². The Balaban J connectivity index is 2.35. The summed E-state index contributed by atoms with van der Waals surface area (Å²) in [6.45, 7) is 7.88. The van der Waals surface area contributed by atoms with E-state index in [4.69, 9.17) is 5.73 Å². The fourth-order valence-electron chi connectivity index (χ4n) is 3.79. The molecule has 0 aromatic carbocycles. The van der Waals surface area contributed by atoms with Gasteiger partial charge in [-0.05, 0) is 44.4 Å². The Morgan fingerprint density at radius 1 is 1.23 bits per heavy atom. The topological polar surface area (TPSA) is 68.9 Å². The van der Waals surface area contributed by atoms with Crippen LogP contribution >= 0.6 is 0 Å². The van der Waals surface area contributed by atoms with Crippen molar-refractivity contribution < 1.29 is 9.18 Å². The Morgan fingerprint density at radius 2 is 1.97 bits per heavy atom. The average Bonchev–Trinajstić information content (AvgIpc) is 2.86. The van der Waals surface area contributed by atoms with Crippen LogP contribution in [0.15, 0.2) is 71.2 Å². The molecule has 1 aromatic heterocycles. The van der Waals surface area contributed by atoms with Crippen molar-refractivity contribution in [2.45, 2.75) is 40.5 Å².